The number of carbonyl (C=O) groups is 4. The van der Waals surface area contributed by atoms with Crippen LogP contribution in [0.25, 0.3) is 0 Å². The van der Waals surface area contributed by atoms with Crippen LogP contribution in [0.4, 0.5) is 14.4 Å². The van der Waals surface area contributed by atoms with Crippen molar-refractivity contribution in [1.82, 2.24) is 19.6 Å². The minimum atomic E-state index is -0.785. The van der Waals surface area contributed by atoms with E-state index in [4.69, 9.17) is 14.2 Å². The largest absolute Gasteiger partial charge is 0.444 e. The zero-order valence-corrected chi connectivity index (χ0v) is 29.0. The molecule has 0 N–H and O–H groups in total. The third-order valence-corrected chi connectivity index (χ3v) is 7.61. The zero-order valence-electron chi connectivity index (χ0n) is 27.4. The topological polar surface area (TPSA) is 109 Å². The number of carbonyl (C=O) groups excluding carboxylic acids is 4. The lowest BCUT2D eigenvalue weighted by Gasteiger charge is -2.38. The Kier molecular flexibility index (Phi) is 12.5. The van der Waals surface area contributed by atoms with E-state index in [1.54, 1.807) is 67.2 Å². The maximum absolute atomic E-state index is 14.1. The summed E-state index contributed by atoms with van der Waals surface area (Å²) in [5.41, 5.74) is -2.97. The monoisotopic (exact) mass is 670 g/mol. The van der Waals surface area contributed by atoms with E-state index in [2.05, 4.69) is 15.9 Å². The van der Waals surface area contributed by atoms with E-state index in [9.17, 15) is 19.2 Å². The first-order chi connectivity index (χ1) is 19.8. The fraction of sp³-hybridized carbons (Fsp3) is 0.742. The first-order valence-corrected chi connectivity index (χ1v) is 16.0. The third kappa shape index (κ3) is 12.0. The SMILES string of the molecule is CC(C)(C)OC(=O)N1CCN(C(=O)OC(C)(C)C)CCN(C(=O)C2(CBr)C=CC=CC2)CCN(C(=O)OC(C)(C)C)CC1. The molecule has 0 bridgehead atoms. The van der Waals surface area contributed by atoms with Crippen LogP contribution in [0.5, 0.6) is 0 Å². The first kappa shape index (κ1) is 36.4. The maximum Gasteiger partial charge on any atom is 0.410 e. The van der Waals surface area contributed by atoms with Gasteiger partial charge >= 0.3 is 18.3 Å². The van der Waals surface area contributed by atoms with E-state index in [1.807, 2.05) is 24.3 Å². The van der Waals surface area contributed by atoms with Crippen LogP contribution in [0.2, 0.25) is 0 Å². The van der Waals surface area contributed by atoms with Crippen molar-refractivity contribution in [2.45, 2.75) is 85.5 Å². The second kappa shape index (κ2) is 14.8. The number of allylic oxidation sites excluding steroid dienone is 3. The van der Waals surface area contributed by atoms with Gasteiger partial charge < -0.3 is 33.8 Å². The summed E-state index contributed by atoms with van der Waals surface area (Å²) in [6, 6.07) is 0. The normalized spacial score (nSPS) is 21.1. The third-order valence-electron chi connectivity index (χ3n) is 6.61. The van der Waals surface area contributed by atoms with E-state index in [-0.39, 0.29) is 58.3 Å². The maximum atomic E-state index is 14.1. The fourth-order valence-corrected chi connectivity index (χ4v) is 5.09. The molecule has 2 rings (SSSR count). The van der Waals surface area contributed by atoms with E-state index >= 15 is 0 Å². The molecule has 0 spiro atoms. The summed E-state index contributed by atoms with van der Waals surface area (Å²) in [6.45, 7) is 17.4. The molecule has 0 radical (unpaired) electrons. The van der Waals surface area contributed by atoms with Gasteiger partial charge in [0.05, 0.1) is 5.41 Å². The van der Waals surface area contributed by atoms with E-state index in [1.165, 1.54) is 14.7 Å². The number of nitrogens with zero attached hydrogens (tertiary/aromatic N) is 4. The molecule has 0 saturated carbocycles. The van der Waals surface area contributed by atoms with Crippen LogP contribution in [0.1, 0.15) is 68.7 Å². The lowest BCUT2D eigenvalue weighted by Crippen LogP contribution is -2.54. The Bertz CT molecular complexity index is 1010. The predicted molar refractivity (Wildman–Crippen MR) is 169 cm³/mol. The van der Waals surface area contributed by atoms with E-state index < -0.39 is 40.5 Å². The molecule has 11 nitrogen and oxygen atoms in total. The summed E-state index contributed by atoms with van der Waals surface area (Å²) in [5, 5.41) is 0.423. The van der Waals surface area contributed by atoms with Crippen LogP contribution < -0.4 is 0 Å². The highest BCUT2D eigenvalue weighted by Gasteiger charge is 2.39. The van der Waals surface area contributed by atoms with Crippen molar-refractivity contribution in [3.05, 3.63) is 24.3 Å². The molecule has 244 valence electrons. The van der Waals surface area contributed by atoms with Crippen LogP contribution in [0.3, 0.4) is 0 Å². The molecular weight excluding hydrogens is 620 g/mol. The standard InChI is InChI=1S/C31H51BrN4O7/c1-28(2,3)41-25(38)34-17-15-33(24(37)31(23-32)13-11-10-12-14-31)16-18-35(26(39)42-29(4,5)6)20-22-36(21-19-34)27(40)43-30(7,8)9/h10-13H,14-23H2,1-9H3. The second-order valence-electron chi connectivity index (χ2n) is 14.0. The number of hydrogen-bond acceptors (Lipinski definition) is 7. The fourth-order valence-electron chi connectivity index (χ4n) is 4.44. The molecule has 0 aromatic rings. The molecule has 1 aliphatic heterocycles. The molecule has 0 aromatic heterocycles. The zero-order chi connectivity index (χ0) is 32.6. The Morgan fingerprint density at radius 1 is 0.605 bits per heavy atom. The summed E-state index contributed by atoms with van der Waals surface area (Å²) >= 11 is 3.55. The van der Waals surface area contributed by atoms with Crippen LogP contribution in [0, 0.1) is 5.41 Å². The highest BCUT2D eigenvalue weighted by Crippen LogP contribution is 2.32. The Balaban J connectivity index is 2.45. The van der Waals surface area contributed by atoms with Gasteiger partial charge in [-0.25, -0.2) is 14.4 Å². The van der Waals surface area contributed by atoms with Gasteiger partial charge in [0.2, 0.25) is 5.91 Å². The molecular formula is C31H51BrN4O7. The van der Waals surface area contributed by atoms with Gasteiger partial charge in [0.15, 0.2) is 0 Å². The van der Waals surface area contributed by atoms with Gasteiger partial charge in [-0.1, -0.05) is 40.2 Å². The number of hydrogen-bond donors (Lipinski definition) is 0. The minimum Gasteiger partial charge on any atom is -0.444 e. The molecule has 1 aliphatic carbocycles. The molecule has 1 unspecified atom stereocenters. The van der Waals surface area contributed by atoms with Crippen molar-refractivity contribution in [3.8, 4) is 0 Å². The highest BCUT2D eigenvalue weighted by molar-refractivity contribution is 9.09. The average Bonchev–Trinajstić information content (AvgIpc) is 2.85. The van der Waals surface area contributed by atoms with Gasteiger partial charge in [-0.05, 0) is 68.7 Å². The van der Waals surface area contributed by atoms with Crippen molar-refractivity contribution >= 4 is 40.1 Å². The number of alkyl halides is 1. The van der Waals surface area contributed by atoms with Crippen molar-refractivity contribution < 1.29 is 33.4 Å². The smallest absolute Gasteiger partial charge is 0.410 e. The van der Waals surface area contributed by atoms with Gasteiger partial charge in [0, 0.05) is 57.7 Å². The van der Waals surface area contributed by atoms with Gasteiger partial charge in [-0.2, -0.15) is 0 Å². The Morgan fingerprint density at radius 3 is 1.19 bits per heavy atom. The molecule has 1 heterocycles. The first-order valence-electron chi connectivity index (χ1n) is 14.9. The van der Waals surface area contributed by atoms with Gasteiger partial charge in [0.25, 0.3) is 0 Å². The van der Waals surface area contributed by atoms with Crippen molar-refractivity contribution in [1.29, 1.82) is 0 Å². The number of rotatable bonds is 2. The summed E-state index contributed by atoms with van der Waals surface area (Å²) < 4.78 is 17.0. The predicted octanol–water partition coefficient (Wildman–Crippen LogP) is 5.44. The van der Waals surface area contributed by atoms with Gasteiger partial charge in [-0.3, -0.25) is 4.79 Å². The molecule has 0 aromatic carbocycles. The van der Waals surface area contributed by atoms with Crippen LogP contribution >= 0.6 is 15.9 Å². The Morgan fingerprint density at radius 2 is 0.930 bits per heavy atom. The summed E-state index contributed by atoms with van der Waals surface area (Å²) in [5.74, 6) is -0.106. The molecule has 1 atom stereocenters. The molecule has 1 fully saturated rings. The lowest BCUT2D eigenvalue weighted by molar-refractivity contribution is -0.139. The Hall–Kier alpha value is -2.76. The average molecular weight is 672 g/mol. The van der Waals surface area contributed by atoms with E-state index in [0.717, 1.165) is 0 Å². The molecule has 4 amide bonds. The lowest BCUT2D eigenvalue weighted by atomic mass is 9.82. The highest BCUT2D eigenvalue weighted by atomic mass is 79.9. The number of amides is 4. The molecule has 1 saturated heterocycles. The van der Waals surface area contributed by atoms with Crippen molar-refractivity contribution in [2.75, 3.05) is 57.7 Å². The van der Waals surface area contributed by atoms with E-state index in [0.29, 0.717) is 11.8 Å². The second-order valence-corrected chi connectivity index (χ2v) is 14.5. The summed E-state index contributed by atoms with van der Waals surface area (Å²) in [4.78, 5) is 60.1. The van der Waals surface area contributed by atoms with Crippen LogP contribution in [-0.2, 0) is 19.0 Å². The minimum absolute atomic E-state index is 0.106. The molecule has 12 heteroatoms. The van der Waals surface area contributed by atoms with Gasteiger partial charge in [-0.15, -0.1) is 0 Å². The molecule has 2 aliphatic rings. The number of ether oxygens (including phenoxy) is 3. The molecule has 43 heavy (non-hydrogen) atoms. The van der Waals surface area contributed by atoms with Crippen molar-refractivity contribution in [3.63, 3.8) is 0 Å². The quantitative estimate of drug-likeness (QED) is 0.284. The van der Waals surface area contributed by atoms with Crippen molar-refractivity contribution in [2.24, 2.45) is 5.41 Å². The Labute approximate surface area is 265 Å². The summed E-state index contributed by atoms with van der Waals surface area (Å²) in [7, 11) is 0. The van der Waals surface area contributed by atoms with Crippen LogP contribution in [0.15, 0.2) is 24.3 Å². The number of halogens is 1. The van der Waals surface area contributed by atoms with Crippen LogP contribution in [-0.4, -0.2) is 118 Å². The van der Waals surface area contributed by atoms with Gasteiger partial charge in [0.1, 0.15) is 16.8 Å². The summed E-state index contributed by atoms with van der Waals surface area (Å²) in [6.07, 6.45) is 6.54.